The van der Waals surface area contributed by atoms with Gasteiger partial charge in [0.2, 0.25) is 5.52 Å². The highest BCUT2D eigenvalue weighted by Crippen LogP contribution is 2.35. The van der Waals surface area contributed by atoms with Gasteiger partial charge in [0.15, 0.2) is 0 Å². The largest absolute Gasteiger partial charge is 0.488 e. The molecule has 3 aromatic rings. The molecule has 0 saturated carbocycles. The number of fused-ring (bicyclic) bond motifs is 1. The van der Waals surface area contributed by atoms with E-state index in [1.165, 1.54) is 29.9 Å². The number of nitrogens with zero attached hydrogens (tertiary/aromatic N) is 4. The van der Waals surface area contributed by atoms with Crippen molar-refractivity contribution >= 4 is 22.5 Å². The fourth-order valence-corrected chi connectivity index (χ4v) is 4.30. The Labute approximate surface area is 194 Å². The summed E-state index contributed by atoms with van der Waals surface area (Å²) in [6.45, 7) is 9.56. The highest BCUT2D eigenvalue weighted by atomic mass is 19.4. The number of methoxy groups -OCH3 is 1. The average molecular weight is 472 g/mol. The maximum atomic E-state index is 13.1. The summed E-state index contributed by atoms with van der Waals surface area (Å²) in [6.07, 6.45) is -5.00. The predicted octanol–water partition coefficient (Wildman–Crippen LogP) is 4.56. The summed E-state index contributed by atoms with van der Waals surface area (Å²) in [7, 11) is 3.16. The van der Waals surface area contributed by atoms with E-state index < -0.39 is 23.9 Å². The molecule has 3 atom stereocenters. The summed E-state index contributed by atoms with van der Waals surface area (Å²) >= 11 is 0. The van der Waals surface area contributed by atoms with Crippen LogP contribution in [-0.2, 0) is 18.0 Å². The molecule has 0 spiro atoms. The average Bonchev–Trinajstić information content (AvgIpc) is 2.81. The first kappa shape index (κ1) is 23.6. The predicted molar refractivity (Wildman–Crippen MR) is 121 cm³/mol. The molecule has 178 valence electrons. The van der Waals surface area contributed by atoms with Gasteiger partial charge in [0, 0.05) is 39.2 Å². The molecular formula is C24H23F3N4O3. The number of anilines is 1. The molecule has 0 amide bonds. The van der Waals surface area contributed by atoms with Crippen molar-refractivity contribution in [3.05, 3.63) is 69.8 Å². The number of alkyl halides is 3. The van der Waals surface area contributed by atoms with Gasteiger partial charge in [0.1, 0.15) is 18.0 Å². The third-order valence-corrected chi connectivity index (χ3v) is 6.13. The lowest BCUT2D eigenvalue weighted by molar-refractivity contribution is -0.137. The van der Waals surface area contributed by atoms with Crippen molar-refractivity contribution in [2.24, 2.45) is 7.05 Å². The smallest absolute Gasteiger partial charge is 0.416 e. The molecule has 0 unspecified atom stereocenters. The molecule has 1 aliphatic rings. The number of halogens is 3. The fraction of sp³-hybridized carbons (Fsp3) is 0.375. The van der Waals surface area contributed by atoms with Crippen LogP contribution >= 0.6 is 0 Å². The zero-order valence-corrected chi connectivity index (χ0v) is 18.8. The van der Waals surface area contributed by atoms with Crippen LogP contribution in [0.5, 0.6) is 5.75 Å². The van der Waals surface area contributed by atoms with Crippen LogP contribution in [0.25, 0.3) is 15.9 Å². The Morgan fingerprint density at radius 3 is 2.62 bits per heavy atom. The lowest BCUT2D eigenvalue weighted by Crippen LogP contribution is -2.54. The van der Waals surface area contributed by atoms with E-state index in [4.69, 9.17) is 16.0 Å². The van der Waals surface area contributed by atoms with Gasteiger partial charge in [-0.05, 0) is 37.3 Å². The molecule has 7 nitrogen and oxygen atoms in total. The lowest BCUT2D eigenvalue weighted by Gasteiger charge is -2.43. The molecule has 10 heteroatoms. The minimum atomic E-state index is -4.46. The Morgan fingerprint density at radius 1 is 1.18 bits per heavy atom. The number of hydrogen-bond donors (Lipinski definition) is 0. The number of rotatable bonds is 4. The van der Waals surface area contributed by atoms with Crippen LogP contribution < -0.4 is 15.2 Å². The van der Waals surface area contributed by atoms with Crippen molar-refractivity contribution in [2.45, 2.75) is 37.8 Å². The quantitative estimate of drug-likeness (QED) is 0.521. The van der Waals surface area contributed by atoms with E-state index in [0.717, 1.165) is 12.1 Å². The Bertz CT molecular complexity index is 1320. The van der Waals surface area contributed by atoms with Crippen molar-refractivity contribution in [1.29, 1.82) is 0 Å². The molecule has 2 aromatic heterocycles. The summed E-state index contributed by atoms with van der Waals surface area (Å²) < 4.78 is 52.3. The molecule has 34 heavy (non-hydrogen) atoms. The summed E-state index contributed by atoms with van der Waals surface area (Å²) in [5, 5.41) is 0. The second-order valence-corrected chi connectivity index (χ2v) is 8.27. The molecule has 1 saturated heterocycles. The van der Waals surface area contributed by atoms with Crippen molar-refractivity contribution in [2.75, 3.05) is 18.6 Å². The van der Waals surface area contributed by atoms with E-state index in [1.54, 1.807) is 19.2 Å². The van der Waals surface area contributed by atoms with Crippen LogP contribution in [0, 0.1) is 6.57 Å². The second-order valence-electron chi connectivity index (χ2n) is 8.27. The molecule has 0 bridgehead atoms. The van der Waals surface area contributed by atoms with Crippen LogP contribution in [0.1, 0.15) is 18.9 Å². The number of pyridine rings is 2. The Kier molecular flexibility index (Phi) is 6.23. The minimum Gasteiger partial charge on any atom is -0.488 e. The van der Waals surface area contributed by atoms with Crippen LogP contribution in [0.3, 0.4) is 0 Å². The number of hydrogen-bond acceptors (Lipinski definition) is 5. The van der Waals surface area contributed by atoms with Gasteiger partial charge in [0.25, 0.3) is 11.4 Å². The molecule has 0 radical (unpaired) electrons. The van der Waals surface area contributed by atoms with Crippen LogP contribution in [0.15, 0.2) is 47.3 Å². The van der Waals surface area contributed by atoms with E-state index in [9.17, 15) is 18.0 Å². The van der Waals surface area contributed by atoms with Gasteiger partial charge >= 0.3 is 6.18 Å². The topological polar surface area (TPSA) is 61.0 Å². The third-order valence-electron chi connectivity index (χ3n) is 6.13. The van der Waals surface area contributed by atoms with Crippen molar-refractivity contribution in [3.8, 4) is 5.75 Å². The highest BCUT2D eigenvalue weighted by molar-refractivity contribution is 5.89. The first-order valence-electron chi connectivity index (χ1n) is 10.6. The lowest BCUT2D eigenvalue weighted by atomic mass is 9.96. The van der Waals surface area contributed by atoms with Crippen LogP contribution in [0.2, 0.25) is 0 Å². The zero-order chi connectivity index (χ0) is 24.6. The zero-order valence-electron chi connectivity index (χ0n) is 18.8. The standard InChI is InChI=1S/C24H23F3N4O3/c1-14-10-19(34-16-7-5-6-15(11-16)24(25,26)27)20(33-4)13-31(14)18-12-22(32)30(3)17-8-9-21(28-2)29-23(17)18/h5-9,11-12,14,19-20H,10,13H2,1,3-4H3/t14-,19-,20+/m0/s1. The molecule has 1 aromatic carbocycles. The molecule has 0 N–H and O–H groups in total. The van der Waals surface area contributed by atoms with Crippen molar-refractivity contribution < 1.29 is 22.6 Å². The summed E-state index contributed by atoms with van der Waals surface area (Å²) in [4.78, 5) is 22.4. The molecule has 1 aliphatic heterocycles. The number of piperidine rings is 1. The first-order valence-corrected chi connectivity index (χ1v) is 10.6. The molecular weight excluding hydrogens is 449 g/mol. The number of benzene rings is 1. The summed E-state index contributed by atoms with van der Waals surface area (Å²) in [5.74, 6) is 0.330. The number of ether oxygens (including phenoxy) is 2. The van der Waals surface area contributed by atoms with E-state index in [2.05, 4.69) is 9.83 Å². The van der Waals surface area contributed by atoms with Crippen LogP contribution in [0.4, 0.5) is 24.7 Å². The van der Waals surface area contributed by atoms with Gasteiger partial charge in [-0.25, -0.2) is 0 Å². The summed E-state index contributed by atoms with van der Waals surface area (Å²) in [5.41, 5.74) is 0.699. The van der Waals surface area contributed by atoms with Crippen molar-refractivity contribution in [1.82, 2.24) is 9.55 Å². The van der Waals surface area contributed by atoms with Gasteiger partial charge in [-0.3, -0.25) is 4.79 Å². The van der Waals surface area contributed by atoms with Gasteiger partial charge in [-0.2, -0.15) is 13.2 Å². The van der Waals surface area contributed by atoms with Gasteiger partial charge in [-0.15, -0.1) is 4.98 Å². The SMILES string of the molecule is [C-]#[N+]c1ccc2c(n1)c(N1C[C@@H](OC)[C@@H](Oc3cccc(C(F)(F)F)c3)C[C@@H]1C)cc(=O)n2C. The third kappa shape index (κ3) is 4.43. The second kappa shape index (κ2) is 8.99. The molecule has 3 heterocycles. The normalized spacial score (nSPS) is 20.9. The van der Waals surface area contributed by atoms with E-state index in [0.29, 0.717) is 29.7 Å². The molecule has 4 rings (SSSR count). The molecule has 0 aliphatic carbocycles. The maximum Gasteiger partial charge on any atom is 0.416 e. The van der Waals surface area contributed by atoms with E-state index in [1.807, 2.05) is 11.8 Å². The van der Waals surface area contributed by atoms with Gasteiger partial charge in [0.05, 0.1) is 16.8 Å². The summed E-state index contributed by atoms with van der Waals surface area (Å²) in [6, 6.07) is 9.38. The number of aromatic nitrogens is 2. The Morgan fingerprint density at radius 2 is 1.94 bits per heavy atom. The van der Waals surface area contributed by atoms with E-state index in [-0.39, 0.29) is 23.2 Å². The molecule has 1 fully saturated rings. The Hall–Kier alpha value is -3.58. The highest BCUT2D eigenvalue weighted by Gasteiger charge is 2.37. The first-order chi connectivity index (χ1) is 16.1. The van der Waals surface area contributed by atoms with E-state index >= 15 is 0 Å². The maximum absolute atomic E-state index is 13.1. The fourth-order valence-electron chi connectivity index (χ4n) is 4.30. The number of aryl methyl sites for hydroxylation is 1. The Balaban J connectivity index is 1.66. The minimum absolute atomic E-state index is 0.116. The monoisotopic (exact) mass is 472 g/mol. The van der Waals surface area contributed by atoms with Crippen LogP contribution in [-0.4, -0.2) is 41.5 Å². The van der Waals surface area contributed by atoms with Crippen molar-refractivity contribution in [3.63, 3.8) is 0 Å². The van der Waals surface area contributed by atoms with Gasteiger partial charge in [-0.1, -0.05) is 12.6 Å². The van der Waals surface area contributed by atoms with Gasteiger partial charge < -0.3 is 23.8 Å².